The van der Waals surface area contributed by atoms with E-state index in [0.29, 0.717) is 0 Å². The molecule has 20 heavy (non-hydrogen) atoms. The van der Waals surface area contributed by atoms with Crippen molar-refractivity contribution in [2.24, 2.45) is 5.73 Å². The Morgan fingerprint density at radius 3 is 2.70 bits per heavy atom. The molecule has 1 aliphatic heterocycles. The fourth-order valence-electron chi connectivity index (χ4n) is 2.77. The Morgan fingerprint density at radius 2 is 1.90 bits per heavy atom. The molecule has 2 N–H and O–H groups in total. The number of aromatic nitrogens is 2. The second-order valence-electron chi connectivity index (χ2n) is 5.22. The molecule has 1 saturated heterocycles. The van der Waals surface area contributed by atoms with Gasteiger partial charge in [-0.3, -0.25) is 4.90 Å². The van der Waals surface area contributed by atoms with Gasteiger partial charge in [-0.1, -0.05) is 18.2 Å². The number of benzene rings is 1. The first-order valence-electron chi connectivity index (χ1n) is 7.26. The number of piperazine rings is 1. The molecule has 0 atom stereocenters. The number of hydrogen-bond donors (Lipinski definition) is 1. The van der Waals surface area contributed by atoms with Crippen LogP contribution in [0.15, 0.2) is 30.5 Å². The molecule has 0 aliphatic carbocycles. The van der Waals surface area contributed by atoms with Crippen molar-refractivity contribution in [1.29, 1.82) is 0 Å². The number of nitrogens with zero attached hydrogens (tertiary/aromatic N) is 4. The standard InChI is InChI=1S/C15H21N5/c16-6-3-7-19-8-10-20(11-9-19)15-12-17-18-14-5-2-1-4-13(14)15/h1-2,4-5,12H,3,6-11,16H2. The third-order valence-corrected chi connectivity index (χ3v) is 3.92. The van der Waals surface area contributed by atoms with Crippen molar-refractivity contribution >= 4 is 16.6 Å². The highest BCUT2D eigenvalue weighted by molar-refractivity contribution is 5.90. The molecule has 106 valence electrons. The number of nitrogens with two attached hydrogens (primary N) is 1. The van der Waals surface area contributed by atoms with Crippen LogP contribution < -0.4 is 10.6 Å². The highest BCUT2D eigenvalue weighted by Gasteiger charge is 2.18. The third kappa shape index (κ3) is 2.73. The molecule has 1 aliphatic rings. The van der Waals surface area contributed by atoms with Crippen molar-refractivity contribution in [2.45, 2.75) is 6.42 Å². The minimum Gasteiger partial charge on any atom is -0.367 e. The first-order valence-corrected chi connectivity index (χ1v) is 7.26. The Balaban J connectivity index is 1.74. The Hall–Kier alpha value is -1.72. The summed E-state index contributed by atoms with van der Waals surface area (Å²) in [7, 11) is 0. The van der Waals surface area contributed by atoms with E-state index in [4.69, 9.17) is 5.73 Å². The van der Waals surface area contributed by atoms with E-state index in [1.165, 1.54) is 11.1 Å². The lowest BCUT2D eigenvalue weighted by Crippen LogP contribution is -2.47. The van der Waals surface area contributed by atoms with Gasteiger partial charge in [-0.25, -0.2) is 0 Å². The topological polar surface area (TPSA) is 58.3 Å². The number of anilines is 1. The maximum Gasteiger partial charge on any atom is 0.0950 e. The molecule has 0 radical (unpaired) electrons. The zero-order chi connectivity index (χ0) is 13.8. The lowest BCUT2D eigenvalue weighted by molar-refractivity contribution is 0.256. The summed E-state index contributed by atoms with van der Waals surface area (Å²) in [6.07, 6.45) is 2.97. The van der Waals surface area contributed by atoms with Gasteiger partial charge in [0.2, 0.25) is 0 Å². The molecular weight excluding hydrogens is 250 g/mol. The van der Waals surface area contributed by atoms with E-state index in [-0.39, 0.29) is 0 Å². The molecule has 1 aromatic carbocycles. The van der Waals surface area contributed by atoms with E-state index < -0.39 is 0 Å². The largest absolute Gasteiger partial charge is 0.367 e. The van der Waals surface area contributed by atoms with Crippen molar-refractivity contribution in [2.75, 3.05) is 44.2 Å². The second-order valence-corrected chi connectivity index (χ2v) is 5.22. The van der Waals surface area contributed by atoms with Crippen molar-refractivity contribution < 1.29 is 0 Å². The van der Waals surface area contributed by atoms with Crippen LogP contribution in [0.1, 0.15) is 6.42 Å². The summed E-state index contributed by atoms with van der Waals surface area (Å²) in [4.78, 5) is 4.90. The smallest absolute Gasteiger partial charge is 0.0950 e. The van der Waals surface area contributed by atoms with Gasteiger partial charge in [-0.15, -0.1) is 0 Å². The zero-order valence-corrected chi connectivity index (χ0v) is 11.7. The molecule has 1 aromatic heterocycles. The van der Waals surface area contributed by atoms with Gasteiger partial charge >= 0.3 is 0 Å². The SMILES string of the molecule is NCCCN1CCN(c2cnnc3ccccc23)CC1. The molecule has 0 amide bonds. The van der Waals surface area contributed by atoms with Crippen molar-refractivity contribution in [3.05, 3.63) is 30.5 Å². The fraction of sp³-hybridized carbons (Fsp3) is 0.467. The van der Waals surface area contributed by atoms with Gasteiger partial charge in [0.05, 0.1) is 17.4 Å². The molecule has 0 saturated carbocycles. The summed E-state index contributed by atoms with van der Waals surface area (Å²) < 4.78 is 0. The first kappa shape index (κ1) is 13.3. The summed E-state index contributed by atoms with van der Waals surface area (Å²) in [5.74, 6) is 0. The number of rotatable bonds is 4. The van der Waals surface area contributed by atoms with Crippen LogP contribution in [0.25, 0.3) is 10.9 Å². The highest BCUT2D eigenvalue weighted by Crippen LogP contribution is 2.24. The Labute approximate surface area is 119 Å². The predicted molar refractivity (Wildman–Crippen MR) is 81.9 cm³/mol. The fourth-order valence-corrected chi connectivity index (χ4v) is 2.77. The molecule has 2 aromatic rings. The normalized spacial score (nSPS) is 16.8. The van der Waals surface area contributed by atoms with Crippen LogP contribution in [-0.4, -0.2) is 54.4 Å². The van der Waals surface area contributed by atoms with Gasteiger partial charge in [0, 0.05) is 31.6 Å². The van der Waals surface area contributed by atoms with Crippen LogP contribution >= 0.6 is 0 Å². The molecule has 1 fully saturated rings. The molecule has 5 nitrogen and oxygen atoms in total. The maximum absolute atomic E-state index is 5.57. The third-order valence-electron chi connectivity index (χ3n) is 3.92. The Bertz CT molecular complexity index is 558. The van der Waals surface area contributed by atoms with E-state index in [0.717, 1.165) is 51.2 Å². The van der Waals surface area contributed by atoms with E-state index in [2.05, 4.69) is 32.1 Å². The van der Waals surface area contributed by atoms with Crippen molar-refractivity contribution in [3.63, 3.8) is 0 Å². The summed E-state index contributed by atoms with van der Waals surface area (Å²) in [6, 6.07) is 8.21. The first-order chi connectivity index (χ1) is 9.88. The van der Waals surface area contributed by atoms with Gasteiger partial charge in [-0.05, 0) is 25.6 Å². The van der Waals surface area contributed by atoms with E-state index in [9.17, 15) is 0 Å². The second kappa shape index (κ2) is 6.15. The molecule has 2 heterocycles. The van der Waals surface area contributed by atoms with Crippen LogP contribution in [0, 0.1) is 0 Å². The van der Waals surface area contributed by atoms with E-state index in [1.807, 2.05) is 18.3 Å². The molecule has 0 spiro atoms. The summed E-state index contributed by atoms with van der Waals surface area (Å²) in [6.45, 7) is 6.16. The van der Waals surface area contributed by atoms with Crippen LogP contribution in [0.5, 0.6) is 0 Å². The highest BCUT2D eigenvalue weighted by atomic mass is 15.3. The van der Waals surface area contributed by atoms with Crippen molar-refractivity contribution in [3.8, 4) is 0 Å². The molecule has 5 heteroatoms. The lowest BCUT2D eigenvalue weighted by atomic mass is 10.1. The maximum atomic E-state index is 5.57. The summed E-state index contributed by atoms with van der Waals surface area (Å²) >= 11 is 0. The van der Waals surface area contributed by atoms with E-state index >= 15 is 0 Å². The minimum absolute atomic E-state index is 0.777. The average molecular weight is 271 g/mol. The van der Waals surface area contributed by atoms with Gasteiger partial charge in [-0.2, -0.15) is 10.2 Å². The quantitative estimate of drug-likeness (QED) is 0.902. The zero-order valence-electron chi connectivity index (χ0n) is 11.7. The monoisotopic (exact) mass is 271 g/mol. The van der Waals surface area contributed by atoms with Crippen molar-refractivity contribution in [1.82, 2.24) is 15.1 Å². The Kier molecular flexibility index (Phi) is 4.08. The molecule has 0 unspecified atom stereocenters. The van der Waals surface area contributed by atoms with Crippen LogP contribution in [0.2, 0.25) is 0 Å². The average Bonchev–Trinajstić information content (AvgIpc) is 2.53. The van der Waals surface area contributed by atoms with Crippen LogP contribution in [0.3, 0.4) is 0 Å². The van der Waals surface area contributed by atoms with Crippen LogP contribution in [-0.2, 0) is 0 Å². The predicted octanol–water partition coefficient (Wildman–Crippen LogP) is 1.10. The van der Waals surface area contributed by atoms with Gasteiger partial charge in [0.1, 0.15) is 0 Å². The Morgan fingerprint density at radius 1 is 1.10 bits per heavy atom. The molecule has 3 rings (SSSR count). The molecular formula is C15H21N5. The van der Waals surface area contributed by atoms with Gasteiger partial charge < -0.3 is 10.6 Å². The lowest BCUT2D eigenvalue weighted by Gasteiger charge is -2.36. The van der Waals surface area contributed by atoms with Gasteiger partial charge in [0.15, 0.2) is 0 Å². The van der Waals surface area contributed by atoms with Gasteiger partial charge in [0.25, 0.3) is 0 Å². The van der Waals surface area contributed by atoms with Crippen LogP contribution in [0.4, 0.5) is 5.69 Å². The van der Waals surface area contributed by atoms with E-state index in [1.54, 1.807) is 0 Å². The number of hydrogen-bond acceptors (Lipinski definition) is 5. The minimum atomic E-state index is 0.777. The summed E-state index contributed by atoms with van der Waals surface area (Å²) in [5.41, 5.74) is 7.74. The molecule has 0 bridgehead atoms. The summed E-state index contributed by atoms with van der Waals surface area (Å²) in [5, 5.41) is 9.52. The number of fused-ring (bicyclic) bond motifs is 1.